The Balaban J connectivity index is 1.62. The third-order valence-corrected chi connectivity index (χ3v) is 7.00. The van der Waals surface area contributed by atoms with Gasteiger partial charge in [0.2, 0.25) is 5.91 Å². The highest BCUT2D eigenvalue weighted by Crippen LogP contribution is 2.57. The fraction of sp³-hybridized carbons (Fsp3) is 0.103. The fourth-order valence-corrected chi connectivity index (χ4v) is 5.39. The summed E-state index contributed by atoms with van der Waals surface area (Å²) in [5.41, 5.74) is 0.742. The van der Waals surface area contributed by atoms with Crippen molar-refractivity contribution in [3.63, 3.8) is 0 Å². The molecule has 0 radical (unpaired) electrons. The zero-order valence-electron chi connectivity index (χ0n) is 19.5. The highest BCUT2D eigenvalue weighted by molar-refractivity contribution is 6.28. The van der Waals surface area contributed by atoms with E-state index in [9.17, 15) is 19.7 Å². The van der Waals surface area contributed by atoms with Crippen LogP contribution in [0.3, 0.4) is 0 Å². The molecule has 2 heterocycles. The van der Waals surface area contributed by atoms with Gasteiger partial charge < -0.3 is 0 Å². The first-order chi connectivity index (χ1) is 18.0. The monoisotopic (exact) mass is 491 g/mol. The topological polar surface area (TPSA) is 93.0 Å². The minimum absolute atomic E-state index is 0.108. The zero-order chi connectivity index (χ0) is 25.6. The molecular formula is C29H21N3O5. The first-order valence-electron chi connectivity index (χ1n) is 11.8. The summed E-state index contributed by atoms with van der Waals surface area (Å²) >= 11 is 0. The van der Waals surface area contributed by atoms with E-state index in [0.717, 1.165) is 5.56 Å². The molecule has 2 fully saturated rings. The molecule has 0 saturated carbocycles. The van der Waals surface area contributed by atoms with Crippen molar-refractivity contribution in [3.8, 4) is 0 Å². The lowest BCUT2D eigenvalue weighted by Gasteiger charge is -2.35. The van der Waals surface area contributed by atoms with E-state index in [-0.39, 0.29) is 5.69 Å². The molecular weight excluding hydrogens is 470 g/mol. The number of hydrogen-bond acceptors (Lipinski definition) is 6. The third-order valence-electron chi connectivity index (χ3n) is 7.00. The number of nitro groups is 1. The van der Waals surface area contributed by atoms with E-state index in [0.29, 0.717) is 16.9 Å². The van der Waals surface area contributed by atoms with Gasteiger partial charge in [-0.2, -0.15) is 0 Å². The van der Waals surface area contributed by atoms with Crippen molar-refractivity contribution in [2.45, 2.75) is 17.6 Å². The second-order valence-corrected chi connectivity index (χ2v) is 8.95. The van der Waals surface area contributed by atoms with E-state index in [1.165, 1.54) is 17.0 Å². The van der Waals surface area contributed by atoms with Crippen LogP contribution in [-0.2, 0) is 19.8 Å². The zero-order valence-corrected chi connectivity index (χ0v) is 19.5. The van der Waals surface area contributed by atoms with Crippen LogP contribution in [0.15, 0.2) is 115 Å². The van der Waals surface area contributed by atoms with Crippen molar-refractivity contribution in [3.05, 3.63) is 137 Å². The lowest BCUT2D eigenvalue weighted by Crippen LogP contribution is -2.46. The smallest absolute Gasteiger partial charge is 0.269 e. The van der Waals surface area contributed by atoms with Crippen molar-refractivity contribution in [1.29, 1.82) is 0 Å². The Morgan fingerprint density at radius 1 is 0.730 bits per heavy atom. The van der Waals surface area contributed by atoms with E-state index in [2.05, 4.69) is 0 Å². The van der Waals surface area contributed by atoms with Crippen LogP contribution in [0.5, 0.6) is 0 Å². The van der Waals surface area contributed by atoms with E-state index in [1.807, 2.05) is 66.7 Å². The number of para-hydroxylation sites is 2. The van der Waals surface area contributed by atoms with E-state index >= 15 is 0 Å². The highest BCUT2D eigenvalue weighted by atomic mass is 16.7. The first-order valence-corrected chi connectivity index (χ1v) is 11.8. The number of anilines is 2. The van der Waals surface area contributed by atoms with Gasteiger partial charge in [0.15, 0.2) is 6.10 Å². The standard InChI is InChI=1S/C29H21N3O5/c33-27-26-29(21-16-18-24(19-17-21)32(35)36,28(34)30(27)22-12-6-2-7-13-22)25(20-10-4-1-5-11-20)31(37-26)23-14-8-3-9-15-23/h1-19,25-26H/t25-,26+,29+/m1/s1. The summed E-state index contributed by atoms with van der Waals surface area (Å²) < 4.78 is 0. The molecule has 37 heavy (non-hydrogen) atoms. The van der Waals surface area contributed by atoms with Crippen LogP contribution in [-0.4, -0.2) is 22.8 Å². The predicted molar refractivity (Wildman–Crippen MR) is 137 cm³/mol. The Labute approximate surface area is 212 Å². The Bertz CT molecular complexity index is 1480. The number of imide groups is 1. The van der Waals surface area contributed by atoms with Crippen molar-refractivity contribution >= 4 is 28.9 Å². The molecule has 2 saturated heterocycles. The number of nitrogens with zero attached hydrogens (tertiary/aromatic N) is 3. The number of non-ortho nitro benzene ring substituents is 1. The summed E-state index contributed by atoms with van der Waals surface area (Å²) in [6.45, 7) is 0. The molecule has 6 rings (SSSR count). The lowest BCUT2D eigenvalue weighted by atomic mass is 9.69. The summed E-state index contributed by atoms with van der Waals surface area (Å²) in [5.74, 6) is -0.941. The molecule has 0 bridgehead atoms. The normalized spacial score (nSPS) is 22.8. The quantitative estimate of drug-likeness (QED) is 0.222. The maximum absolute atomic E-state index is 14.6. The predicted octanol–water partition coefficient (Wildman–Crippen LogP) is 4.97. The van der Waals surface area contributed by atoms with Crippen LogP contribution in [0.1, 0.15) is 17.2 Å². The van der Waals surface area contributed by atoms with Crippen molar-refractivity contribution in [2.24, 2.45) is 0 Å². The SMILES string of the molecule is O=C1[C@@H]2ON(c3ccccc3)[C@H](c3ccccc3)[C@]2(c2ccc([N+](=O)[O-])cc2)C(=O)N1c1ccccc1. The van der Waals surface area contributed by atoms with Crippen LogP contribution in [0.4, 0.5) is 17.1 Å². The Hall–Kier alpha value is -4.82. The average Bonchev–Trinajstić information content (AvgIpc) is 3.41. The molecule has 182 valence electrons. The van der Waals surface area contributed by atoms with Crippen LogP contribution >= 0.6 is 0 Å². The maximum Gasteiger partial charge on any atom is 0.269 e. The molecule has 0 N–H and O–H groups in total. The lowest BCUT2D eigenvalue weighted by molar-refractivity contribution is -0.384. The minimum Gasteiger partial charge on any atom is -0.273 e. The Kier molecular flexibility index (Phi) is 5.31. The van der Waals surface area contributed by atoms with E-state index in [4.69, 9.17) is 4.84 Å². The molecule has 0 aliphatic carbocycles. The number of carbonyl (C=O) groups excluding carboxylic acids is 2. The number of fused-ring (bicyclic) bond motifs is 1. The maximum atomic E-state index is 14.6. The Morgan fingerprint density at radius 3 is 1.84 bits per heavy atom. The number of benzene rings is 4. The number of carbonyl (C=O) groups is 2. The van der Waals surface area contributed by atoms with Gasteiger partial charge in [-0.25, -0.2) is 9.96 Å². The van der Waals surface area contributed by atoms with Gasteiger partial charge in [-0.1, -0.05) is 78.9 Å². The van der Waals surface area contributed by atoms with Crippen LogP contribution in [0.25, 0.3) is 0 Å². The van der Waals surface area contributed by atoms with Gasteiger partial charge in [0.05, 0.1) is 16.3 Å². The van der Waals surface area contributed by atoms with Gasteiger partial charge in [0.1, 0.15) is 11.5 Å². The van der Waals surface area contributed by atoms with Crippen molar-refractivity contribution in [1.82, 2.24) is 0 Å². The van der Waals surface area contributed by atoms with Crippen LogP contribution < -0.4 is 9.96 Å². The number of rotatable bonds is 5. The third kappa shape index (κ3) is 3.34. The van der Waals surface area contributed by atoms with Crippen LogP contribution in [0, 0.1) is 10.1 Å². The molecule has 2 aliphatic rings. The fourth-order valence-electron chi connectivity index (χ4n) is 5.39. The molecule has 4 aromatic carbocycles. The molecule has 0 spiro atoms. The first kappa shape index (κ1) is 22.6. The molecule has 8 nitrogen and oxygen atoms in total. The molecule has 0 aromatic heterocycles. The summed E-state index contributed by atoms with van der Waals surface area (Å²) in [6.07, 6.45) is -1.19. The number of hydroxylamine groups is 1. The second kappa shape index (κ2) is 8.69. The van der Waals surface area contributed by atoms with Crippen molar-refractivity contribution < 1.29 is 19.3 Å². The van der Waals surface area contributed by atoms with Gasteiger partial charge in [-0.05, 0) is 35.4 Å². The molecule has 0 unspecified atom stereocenters. The van der Waals surface area contributed by atoms with Gasteiger partial charge in [0.25, 0.3) is 11.6 Å². The van der Waals surface area contributed by atoms with Gasteiger partial charge in [0, 0.05) is 12.1 Å². The number of hydrogen-bond donors (Lipinski definition) is 0. The van der Waals surface area contributed by atoms with Gasteiger partial charge in [-0.15, -0.1) is 0 Å². The van der Waals surface area contributed by atoms with Crippen molar-refractivity contribution in [2.75, 3.05) is 9.96 Å². The average molecular weight is 492 g/mol. The number of nitro benzene ring substituents is 1. The number of amides is 2. The molecule has 3 atom stereocenters. The molecule has 8 heteroatoms. The summed E-state index contributed by atoms with van der Waals surface area (Å²) in [5, 5.41) is 13.0. The second-order valence-electron chi connectivity index (χ2n) is 8.95. The molecule has 2 amide bonds. The summed E-state index contributed by atoms with van der Waals surface area (Å²) in [7, 11) is 0. The summed E-state index contributed by atoms with van der Waals surface area (Å²) in [4.78, 5) is 47.0. The van der Waals surface area contributed by atoms with Gasteiger partial charge in [-0.3, -0.25) is 24.5 Å². The van der Waals surface area contributed by atoms with Gasteiger partial charge >= 0.3 is 0 Å². The highest BCUT2D eigenvalue weighted by Gasteiger charge is 2.72. The molecule has 2 aliphatic heterocycles. The minimum atomic E-state index is -1.50. The Morgan fingerprint density at radius 2 is 1.27 bits per heavy atom. The van der Waals surface area contributed by atoms with E-state index in [1.54, 1.807) is 41.5 Å². The largest absolute Gasteiger partial charge is 0.273 e. The van der Waals surface area contributed by atoms with Crippen LogP contribution in [0.2, 0.25) is 0 Å². The molecule has 4 aromatic rings. The summed E-state index contributed by atoms with van der Waals surface area (Å²) in [6, 6.07) is 32.5. The van der Waals surface area contributed by atoms with E-state index < -0.39 is 34.3 Å².